The van der Waals surface area contributed by atoms with Crippen LogP contribution in [0.2, 0.25) is 0 Å². The molecule has 0 radical (unpaired) electrons. The Morgan fingerprint density at radius 3 is 1.64 bits per heavy atom. The summed E-state index contributed by atoms with van der Waals surface area (Å²) < 4.78 is 20.5. The maximum atomic E-state index is 10.9. The SMILES string of the molecule is CCCC[C@@H](N)[C@@H]1[C@H](OCc2ccccc2)[C@@H](OCc2ccccc2)[C@H](OCc2ccccc2)CN1[C@@H](CO)c1ccccc1. The van der Waals surface area contributed by atoms with E-state index in [0.717, 1.165) is 41.5 Å². The van der Waals surface area contributed by atoms with E-state index in [1.807, 2.05) is 72.8 Å². The van der Waals surface area contributed by atoms with E-state index in [1.54, 1.807) is 0 Å². The number of ether oxygens (including phenoxy) is 3. The minimum atomic E-state index is -0.409. The number of hydrogen-bond acceptors (Lipinski definition) is 6. The highest BCUT2D eigenvalue weighted by Gasteiger charge is 2.50. The highest BCUT2D eigenvalue weighted by atomic mass is 16.6. The second-order valence-electron chi connectivity index (χ2n) is 12.0. The van der Waals surface area contributed by atoms with Crippen LogP contribution < -0.4 is 5.73 Å². The third-order valence-corrected chi connectivity index (χ3v) is 8.77. The molecule has 45 heavy (non-hydrogen) atoms. The largest absolute Gasteiger partial charge is 0.394 e. The third kappa shape index (κ3) is 9.10. The molecule has 3 N–H and O–H groups in total. The number of nitrogens with two attached hydrogens (primary N) is 1. The molecule has 1 fully saturated rings. The Balaban J connectivity index is 1.54. The molecule has 0 aromatic heterocycles. The van der Waals surface area contributed by atoms with Gasteiger partial charge in [0.15, 0.2) is 0 Å². The van der Waals surface area contributed by atoms with Gasteiger partial charge < -0.3 is 25.1 Å². The monoisotopic (exact) mass is 608 g/mol. The van der Waals surface area contributed by atoms with Gasteiger partial charge in [-0.25, -0.2) is 0 Å². The lowest BCUT2D eigenvalue weighted by atomic mass is 9.84. The first-order chi connectivity index (χ1) is 22.2. The van der Waals surface area contributed by atoms with Crippen LogP contribution >= 0.6 is 0 Å². The van der Waals surface area contributed by atoms with E-state index < -0.39 is 6.10 Å². The molecule has 0 aliphatic carbocycles. The summed E-state index contributed by atoms with van der Waals surface area (Å²) in [6, 6.07) is 40.2. The van der Waals surface area contributed by atoms with Gasteiger partial charge in [-0.15, -0.1) is 0 Å². The maximum absolute atomic E-state index is 10.9. The molecule has 1 heterocycles. The molecule has 0 spiro atoms. The number of aliphatic hydroxyl groups excluding tert-OH is 1. The fourth-order valence-electron chi connectivity index (χ4n) is 6.39. The predicted molar refractivity (Wildman–Crippen MR) is 179 cm³/mol. The minimum absolute atomic E-state index is 0.0483. The van der Waals surface area contributed by atoms with Crippen molar-refractivity contribution < 1.29 is 19.3 Å². The Morgan fingerprint density at radius 2 is 1.16 bits per heavy atom. The van der Waals surface area contributed by atoms with Crippen LogP contribution in [0.15, 0.2) is 121 Å². The smallest absolute Gasteiger partial charge is 0.113 e. The molecule has 1 aliphatic rings. The Bertz CT molecular complexity index is 1360. The molecule has 6 nitrogen and oxygen atoms in total. The van der Waals surface area contributed by atoms with Gasteiger partial charge in [0.2, 0.25) is 0 Å². The predicted octanol–water partition coefficient (Wildman–Crippen LogP) is 6.68. The van der Waals surface area contributed by atoms with Crippen molar-refractivity contribution in [3.05, 3.63) is 144 Å². The number of hydrogen-bond donors (Lipinski definition) is 2. The fraction of sp³-hybridized carbons (Fsp3) is 0.385. The number of unbranched alkanes of at least 4 members (excludes halogenated alkanes) is 1. The van der Waals surface area contributed by atoms with Crippen LogP contribution in [0.4, 0.5) is 0 Å². The molecule has 238 valence electrons. The molecule has 1 saturated heterocycles. The molecular weight excluding hydrogens is 560 g/mol. The molecule has 6 heteroatoms. The first-order valence-electron chi connectivity index (χ1n) is 16.3. The molecule has 0 saturated carbocycles. The average Bonchev–Trinajstić information content (AvgIpc) is 3.10. The van der Waals surface area contributed by atoms with Crippen LogP contribution in [0, 0.1) is 0 Å². The Labute approximate surface area is 268 Å². The molecule has 0 amide bonds. The second kappa shape index (κ2) is 17.4. The first-order valence-corrected chi connectivity index (χ1v) is 16.3. The normalized spacial score (nSPS) is 21.8. The zero-order valence-corrected chi connectivity index (χ0v) is 26.4. The van der Waals surface area contributed by atoms with Crippen molar-refractivity contribution in [2.24, 2.45) is 5.73 Å². The van der Waals surface area contributed by atoms with Gasteiger partial charge in [0.25, 0.3) is 0 Å². The van der Waals surface area contributed by atoms with Gasteiger partial charge in [0, 0.05) is 12.6 Å². The zero-order valence-electron chi connectivity index (χ0n) is 26.4. The summed E-state index contributed by atoms with van der Waals surface area (Å²) in [5.41, 5.74) is 11.4. The third-order valence-electron chi connectivity index (χ3n) is 8.77. The van der Waals surface area contributed by atoms with Gasteiger partial charge in [-0.2, -0.15) is 0 Å². The summed E-state index contributed by atoms with van der Waals surface area (Å²) in [6.07, 6.45) is 1.78. The summed E-state index contributed by atoms with van der Waals surface area (Å²) in [4.78, 5) is 2.34. The van der Waals surface area contributed by atoms with Gasteiger partial charge >= 0.3 is 0 Å². The lowest BCUT2D eigenvalue weighted by Crippen LogP contribution is -2.68. The molecule has 0 bridgehead atoms. The van der Waals surface area contributed by atoms with Gasteiger partial charge in [0.05, 0.1) is 44.6 Å². The zero-order chi connectivity index (χ0) is 31.3. The maximum Gasteiger partial charge on any atom is 0.113 e. The van der Waals surface area contributed by atoms with Crippen LogP contribution in [0.3, 0.4) is 0 Å². The van der Waals surface area contributed by atoms with E-state index in [4.69, 9.17) is 19.9 Å². The van der Waals surface area contributed by atoms with Crippen molar-refractivity contribution in [3.8, 4) is 0 Å². The number of benzene rings is 4. The fourth-order valence-corrected chi connectivity index (χ4v) is 6.39. The van der Waals surface area contributed by atoms with Crippen molar-refractivity contribution in [2.45, 2.75) is 82.4 Å². The minimum Gasteiger partial charge on any atom is -0.394 e. The molecule has 1 aliphatic heterocycles. The van der Waals surface area contributed by atoms with Crippen molar-refractivity contribution in [3.63, 3.8) is 0 Å². The van der Waals surface area contributed by atoms with Gasteiger partial charge in [-0.05, 0) is 28.7 Å². The topological polar surface area (TPSA) is 77.2 Å². The molecular formula is C39H48N2O4. The average molecular weight is 609 g/mol. The van der Waals surface area contributed by atoms with E-state index in [1.165, 1.54) is 0 Å². The highest BCUT2D eigenvalue weighted by molar-refractivity contribution is 5.22. The highest BCUT2D eigenvalue weighted by Crippen LogP contribution is 2.36. The van der Waals surface area contributed by atoms with Crippen molar-refractivity contribution in [1.29, 1.82) is 0 Å². The number of nitrogens with zero attached hydrogens (tertiary/aromatic N) is 1. The number of aliphatic hydroxyl groups is 1. The standard InChI is InChI=1S/C39H48N2O4/c1-2-3-24-34(40)37-39(45-29-32-20-12-6-13-21-32)38(44-28-31-18-10-5-11-19-31)36(43-27-30-16-8-4-9-17-30)25-41(37)35(26-42)33-22-14-7-15-23-33/h4-23,34-39,42H,2-3,24-29,40H2,1H3/t34-,35+,36-,37-,38+,39+/m1/s1. The number of piperidine rings is 1. The molecule has 6 atom stereocenters. The van der Waals surface area contributed by atoms with Gasteiger partial charge in [0.1, 0.15) is 12.2 Å². The van der Waals surface area contributed by atoms with E-state index in [0.29, 0.717) is 26.4 Å². The van der Waals surface area contributed by atoms with Crippen molar-refractivity contribution in [1.82, 2.24) is 4.90 Å². The van der Waals surface area contributed by atoms with Crippen LogP contribution in [0.25, 0.3) is 0 Å². The second-order valence-corrected chi connectivity index (χ2v) is 12.0. The number of rotatable bonds is 16. The van der Waals surface area contributed by atoms with Gasteiger partial charge in [-0.3, -0.25) is 4.90 Å². The summed E-state index contributed by atoms with van der Waals surface area (Å²) in [6.45, 7) is 3.98. The van der Waals surface area contributed by atoms with E-state index in [9.17, 15) is 5.11 Å². The summed E-state index contributed by atoms with van der Waals surface area (Å²) in [5.74, 6) is 0. The Kier molecular flexibility index (Phi) is 12.7. The molecule has 5 rings (SSSR count). The van der Waals surface area contributed by atoms with E-state index >= 15 is 0 Å². The van der Waals surface area contributed by atoms with E-state index in [-0.39, 0.29) is 36.9 Å². The number of likely N-dealkylation sites (tertiary alicyclic amines) is 1. The van der Waals surface area contributed by atoms with Crippen LogP contribution in [0.1, 0.15) is 54.5 Å². The lowest BCUT2D eigenvalue weighted by Gasteiger charge is -2.52. The first kappa shape index (κ1) is 33.0. The van der Waals surface area contributed by atoms with Crippen molar-refractivity contribution in [2.75, 3.05) is 13.2 Å². The summed E-state index contributed by atoms with van der Waals surface area (Å²) in [7, 11) is 0. The van der Waals surface area contributed by atoms with E-state index in [2.05, 4.69) is 60.4 Å². The molecule has 4 aromatic carbocycles. The van der Waals surface area contributed by atoms with Crippen LogP contribution in [-0.4, -0.2) is 53.6 Å². The quantitative estimate of drug-likeness (QED) is 0.148. The molecule has 0 unspecified atom stereocenters. The summed E-state index contributed by atoms with van der Waals surface area (Å²) >= 11 is 0. The van der Waals surface area contributed by atoms with Crippen LogP contribution in [0.5, 0.6) is 0 Å². The lowest BCUT2D eigenvalue weighted by molar-refractivity contribution is -0.214. The molecule has 4 aromatic rings. The summed E-state index contributed by atoms with van der Waals surface area (Å²) in [5, 5.41) is 10.9. The van der Waals surface area contributed by atoms with Crippen LogP contribution in [-0.2, 0) is 34.0 Å². The van der Waals surface area contributed by atoms with Gasteiger partial charge in [-0.1, -0.05) is 141 Å². The Hall–Kier alpha value is -3.36. The Morgan fingerprint density at radius 1 is 0.689 bits per heavy atom. The van der Waals surface area contributed by atoms with Crippen molar-refractivity contribution >= 4 is 0 Å².